The van der Waals surface area contributed by atoms with Gasteiger partial charge in [0.1, 0.15) is 13.2 Å². The van der Waals surface area contributed by atoms with Gasteiger partial charge in [-0.25, -0.2) is 8.78 Å². The summed E-state index contributed by atoms with van der Waals surface area (Å²) in [7, 11) is 0. The van der Waals surface area contributed by atoms with Crippen molar-refractivity contribution in [1.82, 2.24) is 5.32 Å². The van der Waals surface area contributed by atoms with Crippen LogP contribution in [-0.4, -0.2) is 39.1 Å². The SMILES string of the molecule is Fc1ccc(N2CCNCC2F)c2c1OCCO2. The number of ether oxygens (including phenoxy) is 2. The number of hydrogen-bond acceptors (Lipinski definition) is 4. The number of halogens is 2. The lowest BCUT2D eigenvalue weighted by Gasteiger charge is -2.35. The van der Waals surface area contributed by atoms with E-state index in [2.05, 4.69) is 5.32 Å². The molecule has 2 aliphatic heterocycles. The molecular weight excluding hydrogens is 242 g/mol. The average Bonchev–Trinajstić information content (AvgIpc) is 2.41. The Balaban J connectivity index is 2.01. The second-order valence-corrected chi connectivity index (χ2v) is 4.25. The van der Waals surface area contributed by atoms with E-state index in [1.807, 2.05) is 0 Å². The molecule has 2 heterocycles. The van der Waals surface area contributed by atoms with Crippen LogP contribution in [0.4, 0.5) is 14.5 Å². The van der Waals surface area contributed by atoms with Crippen LogP contribution in [0, 0.1) is 5.82 Å². The zero-order chi connectivity index (χ0) is 12.5. The molecule has 0 aromatic heterocycles. The van der Waals surface area contributed by atoms with E-state index in [9.17, 15) is 8.78 Å². The van der Waals surface area contributed by atoms with Crippen molar-refractivity contribution in [3.8, 4) is 11.5 Å². The first-order chi connectivity index (χ1) is 8.77. The number of nitrogens with zero attached hydrogens (tertiary/aromatic N) is 1. The number of alkyl halides is 1. The van der Waals surface area contributed by atoms with E-state index in [-0.39, 0.29) is 12.3 Å². The maximum Gasteiger partial charge on any atom is 0.199 e. The van der Waals surface area contributed by atoms with Gasteiger partial charge in [0.2, 0.25) is 0 Å². The largest absolute Gasteiger partial charge is 0.484 e. The van der Waals surface area contributed by atoms with Crippen molar-refractivity contribution in [2.45, 2.75) is 6.30 Å². The highest BCUT2D eigenvalue weighted by molar-refractivity contribution is 5.66. The minimum absolute atomic E-state index is 0.0875. The Kier molecular flexibility index (Phi) is 2.95. The van der Waals surface area contributed by atoms with Gasteiger partial charge in [0.05, 0.1) is 5.69 Å². The molecule has 0 aliphatic carbocycles. The van der Waals surface area contributed by atoms with Gasteiger partial charge in [0.15, 0.2) is 23.6 Å². The number of anilines is 1. The Morgan fingerprint density at radius 1 is 1.22 bits per heavy atom. The smallest absolute Gasteiger partial charge is 0.199 e. The number of rotatable bonds is 1. The first kappa shape index (κ1) is 11.5. The van der Waals surface area contributed by atoms with E-state index in [0.717, 1.165) is 0 Å². The van der Waals surface area contributed by atoms with Gasteiger partial charge >= 0.3 is 0 Å². The summed E-state index contributed by atoms with van der Waals surface area (Å²) < 4.78 is 38.2. The van der Waals surface area contributed by atoms with Gasteiger partial charge in [-0.15, -0.1) is 0 Å². The third-order valence-corrected chi connectivity index (χ3v) is 3.11. The second-order valence-electron chi connectivity index (χ2n) is 4.25. The van der Waals surface area contributed by atoms with Crippen LogP contribution in [0.5, 0.6) is 11.5 Å². The van der Waals surface area contributed by atoms with Crippen LogP contribution in [0.1, 0.15) is 0 Å². The standard InChI is InChI=1S/C12H14F2N2O2/c13-8-1-2-9(12-11(8)17-5-6-18-12)16-4-3-15-7-10(16)14/h1-2,10,15H,3-7H2. The number of piperazine rings is 1. The highest BCUT2D eigenvalue weighted by Gasteiger charge is 2.28. The van der Waals surface area contributed by atoms with Crippen molar-refractivity contribution in [3.05, 3.63) is 17.9 Å². The summed E-state index contributed by atoms with van der Waals surface area (Å²) in [5.74, 6) is -0.0747. The summed E-state index contributed by atoms with van der Waals surface area (Å²) >= 11 is 0. The van der Waals surface area contributed by atoms with Gasteiger partial charge in [-0.2, -0.15) is 0 Å². The number of fused-ring (bicyclic) bond motifs is 1. The zero-order valence-corrected chi connectivity index (χ0v) is 9.79. The predicted octanol–water partition coefficient (Wildman–Crippen LogP) is 1.30. The second kappa shape index (κ2) is 4.61. The van der Waals surface area contributed by atoms with Crippen LogP contribution in [0.2, 0.25) is 0 Å². The third kappa shape index (κ3) is 1.86. The molecule has 1 atom stereocenters. The molecule has 0 saturated carbocycles. The molecule has 98 valence electrons. The summed E-state index contributed by atoms with van der Waals surface area (Å²) in [6.45, 7) is 2.13. The Labute approximate surface area is 103 Å². The van der Waals surface area contributed by atoms with Gasteiger partial charge in [-0.1, -0.05) is 0 Å². The van der Waals surface area contributed by atoms with Crippen molar-refractivity contribution in [1.29, 1.82) is 0 Å². The Morgan fingerprint density at radius 3 is 2.78 bits per heavy atom. The van der Waals surface area contributed by atoms with Crippen molar-refractivity contribution >= 4 is 5.69 Å². The van der Waals surface area contributed by atoms with Crippen LogP contribution in [-0.2, 0) is 0 Å². The first-order valence-electron chi connectivity index (χ1n) is 5.97. The summed E-state index contributed by atoms with van der Waals surface area (Å²) in [5.41, 5.74) is 0.556. The van der Waals surface area contributed by atoms with E-state index in [4.69, 9.17) is 9.47 Å². The lowest BCUT2D eigenvalue weighted by molar-refractivity contribution is 0.163. The molecule has 2 aliphatic rings. The van der Waals surface area contributed by atoms with Gasteiger partial charge in [0.25, 0.3) is 0 Å². The van der Waals surface area contributed by atoms with E-state index < -0.39 is 12.1 Å². The molecule has 1 fully saturated rings. The summed E-state index contributed by atoms with van der Waals surface area (Å²) in [5, 5.41) is 2.96. The van der Waals surface area contributed by atoms with Crippen molar-refractivity contribution in [3.63, 3.8) is 0 Å². The monoisotopic (exact) mass is 256 g/mol. The molecule has 1 unspecified atom stereocenters. The molecule has 0 radical (unpaired) electrons. The molecule has 4 nitrogen and oxygen atoms in total. The molecule has 1 aromatic rings. The number of nitrogens with one attached hydrogen (secondary N) is 1. The van der Waals surface area contributed by atoms with Crippen LogP contribution >= 0.6 is 0 Å². The van der Waals surface area contributed by atoms with Crippen LogP contribution in [0.15, 0.2) is 12.1 Å². The van der Waals surface area contributed by atoms with E-state index in [1.54, 1.807) is 11.0 Å². The molecule has 1 N–H and O–H groups in total. The lowest BCUT2D eigenvalue weighted by Crippen LogP contribution is -2.49. The van der Waals surface area contributed by atoms with Gasteiger partial charge < -0.3 is 19.7 Å². The fourth-order valence-electron chi connectivity index (χ4n) is 2.26. The third-order valence-electron chi connectivity index (χ3n) is 3.11. The Morgan fingerprint density at radius 2 is 2.00 bits per heavy atom. The maximum atomic E-state index is 13.9. The van der Waals surface area contributed by atoms with E-state index in [0.29, 0.717) is 37.7 Å². The molecule has 1 saturated heterocycles. The van der Waals surface area contributed by atoms with Crippen LogP contribution in [0.25, 0.3) is 0 Å². The molecular formula is C12H14F2N2O2. The number of benzene rings is 1. The Hall–Kier alpha value is -1.56. The minimum Gasteiger partial charge on any atom is -0.484 e. The molecule has 0 bridgehead atoms. The Bertz CT molecular complexity index is 456. The molecule has 1 aromatic carbocycles. The normalized spacial score (nSPS) is 23.0. The van der Waals surface area contributed by atoms with Crippen LogP contribution < -0.4 is 19.7 Å². The molecule has 3 rings (SSSR count). The highest BCUT2D eigenvalue weighted by atomic mass is 19.1. The van der Waals surface area contributed by atoms with Crippen molar-refractivity contribution in [2.24, 2.45) is 0 Å². The zero-order valence-electron chi connectivity index (χ0n) is 9.79. The van der Waals surface area contributed by atoms with Gasteiger partial charge in [-0.3, -0.25) is 0 Å². The van der Waals surface area contributed by atoms with Crippen LogP contribution in [0.3, 0.4) is 0 Å². The predicted molar refractivity (Wildman–Crippen MR) is 62.5 cm³/mol. The molecule has 0 spiro atoms. The quantitative estimate of drug-likeness (QED) is 0.768. The first-order valence-corrected chi connectivity index (χ1v) is 5.97. The minimum atomic E-state index is -1.14. The highest BCUT2D eigenvalue weighted by Crippen LogP contribution is 2.42. The van der Waals surface area contributed by atoms with Gasteiger partial charge in [-0.05, 0) is 12.1 Å². The fraction of sp³-hybridized carbons (Fsp3) is 0.500. The number of hydrogen-bond donors (Lipinski definition) is 1. The van der Waals surface area contributed by atoms with E-state index in [1.165, 1.54) is 6.07 Å². The topological polar surface area (TPSA) is 33.7 Å². The molecule has 6 heteroatoms. The summed E-state index contributed by atoms with van der Waals surface area (Å²) in [6.07, 6.45) is -1.14. The van der Waals surface area contributed by atoms with Gasteiger partial charge in [0, 0.05) is 19.6 Å². The fourth-order valence-corrected chi connectivity index (χ4v) is 2.26. The van der Waals surface area contributed by atoms with Crippen molar-refractivity contribution < 1.29 is 18.3 Å². The summed E-state index contributed by atoms with van der Waals surface area (Å²) in [4.78, 5) is 1.57. The maximum absolute atomic E-state index is 13.9. The molecule has 18 heavy (non-hydrogen) atoms. The molecule has 0 amide bonds. The average molecular weight is 256 g/mol. The summed E-state index contributed by atoms with van der Waals surface area (Å²) in [6, 6.07) is 2.83. The lowest BCUT2D eigenvalue weighted by atomic mass is 10.2. The van der Waals surface area contributed by atoms with Crippen molar-refractivity contribution in [2.75, 3.05) is 37.7 Å². The van der Waals surface area contributed by atoms with E-state index >= 15 is 0 Å².